The Morgan fingerprint density at radius 2 is 2.13 bits per heavy atom. The second kappa shape index (κ2) is 4.83. The topological polar surface area (TPSA) is 0 Å². The Bertz CT molecular complexity index is 300. The summed E-state index contributed by atoms with van der Waals surface area (Å²) in [7, 11) is 0. The van der Waals surface area contributed by atoms with Crippen molar-refractivity contribution in [2.75, 3.05) is 0 Å². The molecule has 0 N–H and O–H groups in total. The van der Waals surface area contributed by atoms with Crippen LogP contribution in [0.2, 0.25) is 0 Å². The summed E-state index contributed by atoms with van der Waals surface area (Å²) >= 11 is 0. The molecule has 83 valence electrons. The maximum atomic E-state index is 5.62. The van der Waals surface area contributed by atoms with Crippen LogP contribution < -0.4 is 0 Å². The largest absolute Gasteiger partial charge is 0.0802 e. The SMILES string of the molecule is [CH]=C(C)C=CCC1=C(C)CCCC1(C)C. The highest BCUT2D eigenvalue weighted by Crippen LogP contribution is 2.41. The van der Waals surface area contributed by atoms with E-state index in [1.54, 1.807) is 11.1 Å². The molecule has 1 aliphatic carbocycles. The molecule has 0 aromatic heterocycles. The Hall–Kier alpha value is -0.780. The van der Waals surface area contributed by atoms with Crippen LogP contribution in [0.15, 0.2) is 28.9 Å². The van der Waals surface area contributed by atoms with Crippen molar-refractivity contribution < 1.29 is 0 Å². The quantitative estimate of drug-likeness (QED) is 0.455. The predicted molar refractivity (Wildman–Crippen MR) is 67.6 cm³/mol. The van der Waals surface area contributed by atoms with Gasteiger partial charge in [-0.05, 0) is 44.9 Å². The Balaban J connectivity index is 2.76. The maximum Gasteiger partial charge on any atom is -0.0128 e. The first kappa shape index (κ1) is 12.3. The average Bonchev–Trinajstić information content (AvgIpc) is 2.09. The first-order valence-corrected chi connectivity index (χ1v) is 5.88. The van der Waals surface area contributed by atoms with Crippen LogP contribution in [-0.2, 0) is 0 Å². The van der Waals surface area contributed by atoms with E-state index in [9.17, 15) is 0 Å². The third-order valence-corrected chi connectivity index (χ3v) is 3.39. The summed E-state index contributed by atoms with van der Waals surface area (Å²) in [6.07, 6.45) is 9.21. The lowest BCUT2D eigenvalue weighted by Gasteiger charge is -2.34. The predicted octanol–water partition coefficient (Wildman–Crippen LogP) is 4.84. The smallest absolute Gasteiger partial charge is 0.0128 e. The molecule has 0 heterocycles. The molecule has 0 unspecified atom stereocenters. The molecule has 15 heavy (non-hydrogen) atoms. The van der Waals surface area contributed by atoms with Gasteiger partial charge in [0.1, 0.15) is 0 Å². The first-order chi connectivity index (χ1) is 6.93. The van der Waals surface area contributed by atoms with Crippen molar-refractivity contribution in [2.24, 2.45) is 5.41 Å². The van der Waals surface area contributed by atoms with Gasteiger partial charge in [0.25, 0.3) is 0 Å². The third-order valence-electron chi connectivity index (χ3n) is 3.39. The molecule has 0 aromatic rings. The molecule has 1 rings (SSSR count). The molecule has 0 aromatic carbocycles. The highest BCUT2D eigenvalue weighted by Gasteiger charge is 2.26. The zero-order chi connectivity index (χ0) is 11.5. The van der Waals surface area contributed by atoms with Crippen LogP contribution >= 0.6 is 0 Å². The minimum absolute atomic E-state index is 0.384. The first-order valence-electron chi connectivity index (χ1n) is 5.88. The molecule has 1 radical (unpaired) electrons. The molecule has 0 nitrogen and oxygen atoms in total. The molecule has 1 aliphatic rings. The van der Waals surface area contributed by atoms with Crippen molar-refractivity contribution in [3.05, 3.63) is 35.5 Å². The third kappa shape index (κ3) is 3.37. The van der Waals surface area contributed by atoms with Crippen LogP contribution in [0, 0.1) is 12.0 Å². The van der Waals surface area contributed by atoms with Crippen LogP contribution in [-0.4, -0.2) is 0 Å². The van der Waals surface area contributed by atoms with E-state index in [-0.39, 0.29) is 0 Å². The highest BCUT2D eigenvalue weighted by atomic mass is 14.3. The molecule has 0 spiro atoms. The van der Waals surface area contributed by atoms with Crippen molar-refractivity contribution in [1.82, 2.24) is 0 Å². The molecular formula is C15H23. The van der Waals surface area contributed by atoms with Gasteiger partial charge in [-0.1, -0.05) is 49.3 Å². The summed E-state index contributed by atoms with van der Waals surface area (Å²) < 4.78 is 0. The lowest BCUT2D eigenvalue weighted by Crippen LogP contribution is -2.19. The van der Waals surface area contributed by atoms with Gasteiger partial charge in [0.05, 0.1) is 0 Å². The summed E-state index contributed by atoms with van der Waals surface area (Å²) in [5.74, 6) is 0. The van der Waals surface area contributed by atoms with E-state index in [0.29, 0.717) is 5.41 Å². The highest BCUT2D eigenvalue weighted by molar-refractivity contribution is 5.26. The summed E-state index contributed by atoms with van der Waals surface area (Å²) in [4.78, 5) is 0. The normalized spacial score (nSPS) is 21.1. The summed E-state index contributed by atoms with van der Waals surface area (Å²) in [5.41, 5.74) is 4.48. The van der Waals surface area contributed by atoms with E-state index in [4.69, 9.17) is 6.58 Å². The molecule has 0 heteroatoms. The van der Waals surface area contributed by atoms with Crippen molar-refractivity contribution >= 4 is 0 Å². The number of hydrogen-bond donors (Lipinski definition) is 0. The van der Waals surface area contributed by atoms with Crippen LogP contribution in [0.25, 0.3) is 0 Å². The summed E-state index contributed by atoms with van der Waals surface area (Å²) in [6, 6.07) is 0. The van der Waals surface area contributed by atoms with Crippen LogP contribution in [0.1, 0.15) is 53.4 Å². The molecule has 0 fully saturated rings. The van der Waals surface area contributed by atoms with Gasteiger partial charge >= 0.3 is 0 Å². The van der Waals surface area contributed by atoms with Gasteiger partial charge in [-0.3, -0.25) is 0 Å². The fourth-order valence-electron chi connectivity index (χ4n) is 2.49. The fraction of sp³-hybridized carbons (Fsp3) is 0.600. The molecule has 0 saturated carbocycles. The molecular weight excluding hydrogens is 180 g/mol. The monoisotopic (exact) mass is 203 g/mol. The van der Waals surface area contributed by atoms with Gasteiger partial charge in [0.2, 0.25) is 0 Å². The number of hydrogen-bond acceptors (Lipinski definition) is 0. The Kier molecular flexibility index (Phi) is 3.96. The Morgan fingerprint density at radius 1 is 1.47 bits per heavy atom. The second-order valence-electron chi connectivity index (χ2n) is 5.35. The second-order valence-corrected chi connectivity index (χ2v) is 5.35. The van der Waals surface area contributed by atoms with Crippen LogP contribution in [0.4, 0.5) is 0 Å². The van der Waals surface area contributed by atoms with Gasteiger partial charge < -0.3 is 0 Å². The number of allylic oxidation sites excluding steroid dienone is 5. The van der Waals surface area contributed by atoms with E-state index in [1.165, 1.54) is 19.3 Å². The van der Waals surface area contributed by atoms with Gasteiger partial charge in [-0.15, -0.1) is 0 Å². The average molecular weight is 203 g/mol. The lowest BCUT2D eigenvalue weighted by molar-refractivity contribution is 0.361. The lowest BCUT2D eigenvalue weighted by atomic mass is 9.71. The minimum atomic E-state index is 0.384. The molecule has 0 aliphatic heterocycles. The van der Waals surface area contributed by atoms with E-state index < -0.39 is 0 Å². The summed E-state index contributed by atoms with van der Waals surface area (Å²) in [6.45, 7) is 14.6. The van der Waals surface area contributed by atoms with Gasteiger partial charge in [-0.2, -0.15) is 0 Å². The van der Waals surface area contributed by atoms with E-state index in [2.05, 4.69) is 26.8 Å². The molecule has 0 atom stereocenters. The van der Waals surface area contributed by atoms with Crippen LogP contribution in [0.3, 0.4) is 0 Å². The minimum Gasteiger partial charge on any atom is -0.0802 e. The van der Waals surface area contributed by atoms with Crippen LogP contribution in [0.5, 0.6) is 0 Å². The van der Waals surface area contributed by atoms with Crippen molar-refractivity contribution in [1.29, 1.82) is 0 Å². The Morgan fingerprint density at radius 3 is 2.67 bits per heavy atom. The number of rotatable bonds is 3. The fourth-order valence-corrected chi connectivity index (χ4v) is 2.49. The zero-order valence-corrected chi connectivity index (χ0v) is 10.6. The maximum absolute atomic E-state index is 5.62. The van der Waals surface area contributed by atoms with Gasteiger partial charge in [0.15, 0.2) is 0 Å². The van der Waals surface area contributed by atoms with Gasteiger partial charge in [-0.25, -0.2) is 0 Å². The molecule has 0 amide bonds. The van der Waals surface area contributed by atoms with Crippen molar-refractivity contribution in [3.63, 3.8) is 0 Å². The standard InChI is InChI=1S/C15H23/c1-12(2)8-6-10-14-13(3)9-7-11-15(14,4)5/h1,6,8H,7,9-11H2,2-5H3. The van der Waals surface area contributed by atoms with E-state index >= 15 is 0 Å². The molecule has 0 saturated heterocycles. The van der Waals surface area contributed by atoms with E-state index in [0.717, 1.165) is 12.0 Å². The zero-order valence-electron chi connectivity index (χ0n) is 10.6. The Labute approximate surface area is 94.8 Å². The molecule has 0 bridgehead atoms. The van der Waals surface area contributed by atoms with Crippen molar-refractivity contribution in [2.45, 2.75) is 53.4 Å². The summed E-state index contributed by atoms with van der Waals surface area (Å²) in [5, 5.41) is 0. The van der Waals surface area contributed by atoms with E-state index in [1.807, 2.05) is 13.0 Å². The van der Waals surface area contributed by atoms with Gasteiger partial charge in [0, 0.05) is 0 Å². The van der Waals surface area contributed by atoms with Crippen molar-refractivity contribution in [3.8, 4) is 0 Å².